The summed E-state index contributed by atoms with van der Waals surface area (Å²) in [4.78, 5) is 13.1. The number of anilines is 3. The maximum absolute atomic E-state index is 6.62. The lowest BCUT2D eigenvalue weighted by atomic mass is 9.93. The molecule has 0 amide bonds. The quantitative estimate of drug-likeness (QED) is 0.161. The van der Waals surface area contributed by atoms with Crippen LogP contribution in [0.2, 0.25) is 0 Å². The highest BCUT2D eigenvalue weighted by molar-refractivity contribution is 6.20. The average molecular weight is 716 g/mol. The van der Waals surface area contributed by atoms with Gasteiger partial charge in [-0.2, -0.15) is 0 Å². The van der Waals surface area contributed by atoms with E-state index in [1.165, 1.54) is 0 Å². The van der Waals surface area contributed by atoms with Gasteiger partial charge in [-0.3, -0.25) is 0 Å². The van der Waals surface area contributed by atoms with Crippen LogP contribution < -0.4 is 4.90 Å². The van der Waals surface area contributed by atoms with Crippen LogP contribution in [0.25, 0.3) is 88.2 Å². The average Bonchev–Trinajstić information content (AvgIpc) is 3.65. The largest absolute Gasteiger partial charge is 0.456 e. The van der Waals surface area contributed by atoms with Crippen LogP contribution in [-0.2, 0) is 0 Å². The van der Waals surface area contributed by atoms with Gasteiger partial charge in [-0.1, -0.05) is 146 Å². The zero-order valence-corrected chi connectivity index (χ0v) is 30.3. The van der Waals surface area contributed by atoms with Crippen LogP contribution >= 0.6 is 0 Å². The van der Waals surface area contributed by atoms with Crippen molar-refractivity contribution in [3.8, 4) is 33.6 Å². The van der Waals surface area contributed by atoms with Crippen molar-refractivity contribution >= 4 is 71.6 Å². The van der Waals surface area contributed by atoms with Crippen molar-refractivity contribution < 1.29 is 4.42 Å². The van der Waals surface area contributed by atoms with Crippen LogP contribution in [0, 0.1) is 0 Å². The molecular weight excluding hydrogens is 683 g/mol. The molecule has 11 aromatic rings. The minimum absolute atomic E-state index is 0.845. The lowest BCUT2D eigenvalue weighted by molar-refractivity contribution is 0.669. The first-order valence-corrected chi connectivity index (χ1v) is 18.9. The number of furan rings is 1. The molecule has 0 fully saturated rings. The molecule has 262 valence electrons. The number of hydrogen-bond acceptors (Lipinski definition) is 4. The maximum Gasteiger partial charge on any atom is 0.138 e. The molecule has 0 unspecified atom stereocenters. The van der Waals surface area contributed by atoms with E-state index < -0.39 is 0 Å². The first-order chi connectivity index (χ1) is 27.8. The van der Waals surface area contributed by atoms with E-state index in [0.717, 1.165) is 105 Å². The van der Waals surface area contributed by atoms with E-state index >= 15 is 0 Å². The van der Waals surface area contributed by atoms with E-state index in [4.69, 9.17) is 14.4 Å². The topological polar surface area (TPSA) is 42.2 Å². The van der Waals surface area contributed by atoms with Crippen LogP contribution in [0.1, 0.15) is 0 Å². The number of fused-ring (bicyclic) bond motifs is 8. The molecule has 9 aromatic carbocycles. The number of para-hydroxylation sites is 3. The lowest BCUT2D eigenvalue weighted by Crippen LogP contribution is -2.09. The van der Waals surface area contributed by atoms with Crippen LogP contribution in [-0.4, -0.2) is 9.97 Å². The monoisotopic (exact) mass is 715 g/mol. The van der Waals surface area contributed by atoms with Gasteiger partial charge in [0, 0.05) is 44.7 Å². The molecule has 0 saturated heterocycles. The maximum atomic E-state index is 6.62. The molecule has 4 heteroatoms. The Labute approximate surface area is 323 Å². The summed E-state index contributed by atoms with van der Waals surface area (Å²) in [7, 11) is 0. The summed E-state index contributed by atoms with van der Waals surface area (Å²) in [5.41, 5.74) is 12.7. The van der Waals surface area contributed by atoms with Crippen LogP contribution in [0.4, 0.5) is 17.1 Å². The zero-order valence-electron chi connectivity index (χ0n) is 30.3. The Kier molecular flexibility index (Phi) is 7.46. The number of hydrogen-bond donors (Lipinski definition) is 0. The molecular formula is C52H33N3O. The van der Waals surface area contributed by atoms with Gasteiger partial charge in [0.25, 0.3) is 0 Å². The molecule has 2 heterocycles. The predicted octanol–water partition coefficient (Wildman–Crippen LogP) is 14.3. The minimum atomic E-state index is 0.845. The van der Waals surface area contributed by atoms with Gasteiger partial charge in [-0.25, -0.2) is 9.97 Å². The van der Waals surface area contributed by atoms with E-state index in [1.54, 1.807) is 0 Å². The molecule has 0 radical (unpaired) electrons. The Bertz CT molecular complexity index is 3190. The predicted molar refractivity (Wildman–Crippen MR) is 233 cm³/mol. The molecule has 4 nitrogen and oxygen atoms in total. The highest BCUT2D eigenvalue weighted by Gasteiger charge is 2.21. The fraction of sp³-hybridized carbons (Fsp3) is 0. The van der Waals surface area contributed by atoms with E-state index in [-0.39, 0.29) is 0 Å². The van der Waals surface area contributed by atoms with Crippen molar-refractivity contribution in [2.24, 2.45) is 0 Å². The third-order valence-electron chi connectivity index (χ3n) is 10.8. The second kappa shape index (κ2) is 13.1. The van der Waals surface area contributed by atoms with Crippen LogP contribution in [0.5, 0.6) is 0 Å². The molecule has 0 spiro atoms. The summed E-state index contributed by atoms with van der Waals surface area (Å²) >= 11 is 0. The Morgan fingerprint density at radius 2 is 0.964 bits per heavy atom. The Morgan fingerprint density at radius 1 is 0.375 bits per heavy atom. The van der Waals surface area contributed by atoms with Crippen LogP contribution in [0.3, 0.4) is 0 Å². The molecule has 2 aromatic heterocycles. The van der Waals surface area contributed by atoms with Crippen molar-refractivity contribution in [3.63, 3.8) is 0 Å². The van der Waals surface area contributed by atoms with Gasteiger partial charge in [0.1, 0.15) is 11.2 Å². The van der Waals surface area contributed by atoms with Crippen LogP contribution in [0.15, 0.2) is 205 Å². The molecule has 0 N–H and O–H groups in total. The van der Waals surface area contributed by atoms with Crippen molar-refractivity contribution in [3.05, 3.63) is 200 Å². The zero-order chi connectivity index (χ0) is 37.0. The number of aromatic nitrogens is 2. The van der Waals surface area contributed by atoms with Gasteiger partial charge in [-0.05, 0) is 75.8 Å². The molecule has 11 rings (SSSR count). The standard InChI is InChI=1S/C52H33N3O/c1-5-15-35(16-6-1)50-51(36-17-7-2-8-18-36)54-52-45(53-50)30-28-34-25-26-37-31-38(27-29-42(37)48(34)52)44-32-41(33-47-49(44)43-23-13-14-24-46(43)56-47)55(39-19-9-3-10-20-39)40-21-11-4-12-22-40/h1-33H. The van der Waals surface area contributed by atoms with Gasteiger partial charge in [-0.15, -0.1) is 0 Å². The summed E-state index contributed by atoms with van der Waals surface area (Å²) in [6.45, 7) is 0. The summed E-state index contributed by atoms with van der Waals surface area (Å²) in [6.07, 6.45) is 0. The summed E-state index contributed by atoms with van der Waals surface area (Å²) in [5, 5.41) is 6.69. The van der Waals surface area contributed by atoms with E-state index in [2.05, 4.69) is 187 Å². The fourth-order valence-electron chi connectivity index (χ4n) is 8.23. The molecule has 0 saturated carbocycles. The first kappa shape index (κ1) is 31.9. The molecule has 0 bridgehead atoms. The third kappa shape index (κ3) is 5.31. The van der Waals surface area contributed by atoms with E-state index in [1.807, 2.05) is 18.2 Å². The molecule has 0 atom stereocenters. The van der Waals surface area contributed by atoms with Crippen molar-refractivity contribution in [2.45, 2.75) is 0 Å². The Hall–Kier alpha value is -7.56. The SMILES string of the molecule is c1ccc(-c2nc3ccc4ccc5cc(-c6cc(N(c7ccccc7)c7ccccc7)cc7oc8ccccc8c67)ccc5c4c3nc2-c2ccccc2)cc1. The highest BCUT2D eigenvalue weighted by atomic mass is 16.3. The van der Waals surface area contributed by atoms with Crippen molar-refractivity contribution in [1.82, 2.24) is 9.97 Å². The van der Waals surface area contributed by atoms with Gasteiger partial charge >= 0.3 is 0 Å². The Morgan fingerprint density at radius 3 is 1.66 bits per heavy atom. The molecule has 0 aliphatic heterocycles. The minimum Gasteiger partial charge on any atom is -0.456 e. The normalized spacial score (nSPS) is 11.6. The second-order valence-electron chi connectivity index (χ2n) is 14.2. The van der Waals surface area contributed by atoms with Gasteiger partial charge in [0.2, 0.25) is 0 Å². The van der Waals surface area contributed by atoms with E-state index in [0.29, 0.717) is 0 Å². The smallest absolute Gasteiger partial charge is 0.138 e. The highest BCUT2D eigenvalue weighted by Crippen LogP contribution is 2.45. The second-order valence-corrected chi connectivity index (χ2v) is 14.2. The van der Waals surface area contributed by atoms with Crippen molar-refractivity contribution in [2.75, 3.05) is 4.90 Å². The molecule has 0 aliphatic carbocycles. The number of benzene rings is 9. The van der Waals surface area contributed by atoms with Gasteiger partial charge < -0.3 is 9.32 Å². The van der Waals surface area contributed by atoms with E-state index in [9.17, 15) is 0 Å². The third-order valence-corrected chi connectivity index (χ3v) is 10.8. The first-order valence-electron chi connectivity index (χ1n) is 18.9. The van der Waals surface area contributed by atoms with Crippen molar-refractivity contribution in [1.29, 1.82) is 0 Å². The molecule has 56 heavy (non-hydrogen) atoms. The molecule has 0 aliphatic rings. The summed E-state index contributed by atoms with van der Waals surface area (Å²) in [5.74, 6) is 0. The number of nitrogens with zero attached hydrogens (tertiary/aromatic N) is 3. The fourth-order valence-corrected chi connectivity index (χ4v) is 8.23. The van der Waals surface area contributed by atoms with Gasteiger partial charge in [0.05, 0.1) is 28.1 Å². The number of rotatable bonds is 6. The summed E-state index contributed by atoms with van der Waals surface area (Å²) in [6, 6.07) is 70.1. The summed E-state index contributed by atoms with van der Waals surface area (Å²) < 4.78 is 6.62. The Balaban J connectivity index is 1.15. The lowest BCUT2D eigenvalue weighted by Gasteiger charge is -2.26. The van der Waals surface area contributed by atoms with Gasteiger partial charge in [0.15, 0.2) is 0 Å².